The summed E-state index contributed by atoms with van der Waals surface area (Å²) in [5.41, 5.74) is -0.360. The van der Waals surface area contributed by atoms with Crippen LogP contribution in [0, 0.1) is 6.92 Å². The molecule has 4 heterocycles. The SMILES string of the molecule is Cc1nnc(SCC2=C(C(=O)O)N3C(=O)[C@H](NC(=O)[C@H](C)n4nc(C(F)(F)F)c(Br)c4C4CC4)[C@H]3SC2)s1. The van der Waals surface area contributed by atoms with E-state index in [2.05, 4.69) is 36.5 Å². The van der Waals surface area contributed by atoms with Gasteiger partial charge in [-0.15, -0.1) is 22.0 Å². The van der Waals surface area contributed by atoms with Gasteiger partial charge >= 0.3 is 12.1 Å². The minimum Gasteiger partial charge on any atom is -0.477 e. The topological polar surface area (TPSA) is 130 Å². The number of alkyl halides is 3. The fraction of sp³-hybridized carbons (Fsp3) is 0.524. The molecule has 2 aromatic heterocycles. The lowest BCUT2D eigenvalue weighted by molar-refractivity contribution is -0.151. The van der Waals surface area contributed by atoms with Gasteiger partial charge in [0.15, 0.2) is 10.0 Å². The molecule has 0 radical (unpaired) electrons. The molecule has 2 aliphatic heterocycles. The van der Waals surface area contributed by atoms with Crippen molar-refractivity contribution >= 4 is 68.6 Å². The van der Waals surface area contributed by atoms with Gasteiger partial charge in [-0.2, -0.15) is 18.3 Å². The minimum absolute atomic E-state index is 0.118. The van der Waals surface area contributed by atoms with Crippen LogP contribution in [0.3, 0.4) is 0 Å². The van der Waals surface area contributed by atoms with Crippen LogP contribution in [0.2, 0.25) is 0 Å². The Hall–Kier alpha value is -2.11. The van der Waals surface area contributed by atoms with Crippen LogP contribution >= 0.6 is 50.8 Å². The number of carbonyl (C=O) groups excluding carboxylic acids is 2. The van der Waals surface area contributed by atoms with Crippen molar-refractivity contribution in [1.82, 2.24) is 30.2 Å². The average Bonchev–Trinajstić information content (AvgIpc) is 3.50. The summed E-state index contributed by atoms with van der Waals surface area (Å²) >= 11 is 7.05. The van der Waals surface area contributed by atoms with Crippen LogP contribution in [-0.2, 0) is 20.6 Å². The molecule has 0 aromatic carbocycles. The Kier molecular flexibility index (Phi) is 7.32. The number of carboxylic acid groups (broad SMARTS) is 1. The molecule has 2 aromatic rings. The van der Waals surface area contributed by atoms with Gasteiger partial charge in [-0.1, -0.05) is 23.1 Å². The van der Waals surface area contributed by atoms with Crippen LogP contribution in [0.1, 0.15) is 48.1 Å². The van der Waals surface area contributed by atoms with Crippen molar-refractivity contribution in [2.75, 3.05) is 11.5 Å². The number of nitrogens with one attached hydrogen (secondary N) is 1. The van der Waals surface area contributed by atoms with Crippen LogP contribution in [0.25, 0.3) is 0 Å². The molecule has 2 amide bonds. The fourth-order valence-electron chi connectivity index (χ4n) is 4.29. The third kappa shape index (κ3) is 4.97. The summed E-state index contributed by atoms with van der Waals surface area (Å²) in [4.78, 5) is 39.3. The summed E-state index contributed by atoms with van der Waals surface area (Å²) in [5.74, 6) is -2.01. The Labute approximate surface area is 234 Å². The number of aromatic nitrogens is 4. The predicted molar refractivity (Wildman–Crippen MR) is 137 cm³/mol. The summed E-state index contributed by atoms with van der Waals surface area (Å²) in [6.45, 7) is 3.23. The normalized spacial score (nSPS) is 22.3. The zero-order valence-electron chi connectivity index (χ0n) is 19.8. The number of amides is 2. The zero-order valence-corrected chi connectivity index (χ0v) is 23.8. The second-order valence-corrected chi connectivity index (χ2v) is 13.3. The summed E-state index contributed by atoms with van der Waals surface area (Å²) < 4.78 is 42.0. The maximum atomic E-state index is 13.5. The van der Waals surface area contributed by atoms with Crippen molar-refractivity contribution in [2.45, 2.75) is 60.6 Å². The quantitative estimate of drug-likeness (QED) is 0.323. The van der Waals surface area contributed by atoms with E-state index < -0.39 is 47.1 Å². The van der Waals surface area contributed by atoms with E-state index in [9.17, 15) is 32.7 Å². The van der Waals surface area contributed by atoms with Gasteiger partial charge in [-0.3, -0.25) is 19.2 Å². The molecule has 0 unspecified atom stereocenters. The first-order chi connectivity index (χ1) is 17.9. The smallest absolute Gasteiger partial charge is 0.436 e. The molecule has 3 atom stereocenters. The highest BCUT2D eigenvalue weighted by Gasteiger charge is 2.54. The van der Waals surface area contributed by atoms with Gasteiger partial charge in [0.05, 0.1) is 10.2 Å². The molecule has 5 rings (SSSR count). The van der Waals surface area contributed by atoms with Crippen molar-refractivity contribution < 1.29 is 32.7 Å². The Morgan fingerprint density at radius 1 is 1.32 bits per heavy atom. The number of β-lactam (4-membered cyclic amide) rings is 1. The molecular formula is C21H20BrF3N6O4S3. The second kappa shape index (κ2) is 10.1. The van der Waals surface area contributed by atoms with Gasteiger partial charge < -0.3 is 10.4 Å². The van der Waals surface area contributed by atoms with E-state index in [0.717, 1.165) is 14.6 Å². The monoisotopic (exact) mass is 652 g/mol. The fourth-order valence-corrected chi connectivity index (χ4v) is 8.40. The number of aryl methyl sites for hydroxylation is 1. The third-order valence-electron chi connectivity index (χ3n) is 6.29. The number of carbonyl (C=O) groups is 3. The average molecular weight is 654 g/mol. The van der Waals surface area contributed by atoms with E-state index in [0.29, 0.717) is 40.0 Å². The summed E-state index contributed by atoms with van der Waals surface area (Å²) in [5, 5.41) is 24.2. The van der Waals surface area contributed by atoms with Gasteiger partial charge in [-0.25, -0.2) is 4.79 Å². The highest BCUT2D eigenvalue weighted by molar-refractivity contribution is 9.10. The molecule has 2 N–H and O–H groups in total. The van der Waals surface area contributed by atoms with Gasteiger partial charge in [0.2, 0.25) is 5.91 Å². The van der Waals surface area contributed by atoms with Gasteiger partial charge in [-0.05, 0) is 48.2 Å². The van der Waals surface area contributed by atoms with E-state index in [1.807, 2.05) is 6.92 Å². The number of nitrogens with zero attached hydrogens (tertiary/aromatic N) is 5. The standard InChI is InChI=1S/C21H20BrF3N6O4S3/c1-7(31-13(9-3-4-9)11(22)15(29-31)21(23,24)25)16(32)26-12-17(33)30-14(19(34)35)10(5-36-18(12)30)6-37-20-28-27-8(2)38-20/h7,9,12,18H,3-6H2,1-2H3,(H,26,32)(H,34,35)/t7-,12-,18+/m0/s1. The van der Waals surface area contributed by atoms with E-state index in [1.54, 1.807) is 0 Å². The van der Waals surface area contributed by atoms with Crippen LogP contribution in [-0.4, -0.2) is 70.7 Å². The van der Waals surface area contributed by atoms with E-state index in [4.69, 9.17) is 0 Å². The van der Waals surface area contributed by atoms with Crippen LogP contribution < -0.4 is 5.32 Å². The van der Waals surface area contributed by atoms with Gasteiger partial charge in [0.25, 0.3) is 5.91 Å². The van der Waals surface area contributed by atoms with Crippen LogP contribution in [0.15, 0.2) is 20.1 Å². The molecular weight excluding hydrogens is 633 g/mol. The van der Waals surface area contributed by atoms with Gasteiger partial charge in [0, 0.05) is 17.4 Å². The van der Waals surface area contributed by atoms with E-state index >= 15 is 0 Å². The van der Waals surface area contributed by atoms with E-state index in [1.165, 1.54) is 41.8 Å². The number of carboxylic acids is 1. The molecule has 0 spiro atoms. The molecule has 17 heteroatoms. The van der Waals surface area contributed by atoms with Crippen LogP contribution in [0.5, 0.6) is 0 Å². The van der Waals surface area contributed by atoms with Gasteiger partial charge in [0.1, 0.15) is 28.2 Å². The highest BCUT2D eigenvalue weighted by atomic mass is 79.9. The lowest BCUT2D eigenvalue weighted by atomic mass is 10.0. The second-order valence-electron chi connectivity index (χ2n) is 8.97. The van der Waals surface area contributed by atoms with Crippen molar-refractivity contribution in [1.29, 1.82) is 0 Å². The number of thioether (sulfide) groups is 2. The van der Waals surface area contributed by atoms with E-state index in [-0.39, 0.29) is 16.1 Å². The lowest BCUT2D eigenvalue weighted by Crippen LogP contribution is -2.71. The Balaban J connectivity index is 1.31. The molecule has 1 saturated carbocycles. The largest absolute Gasteiger partial charge is 0.477 e. The van der Waals surface area contributed by atoms with Crippen LogP contribution in [0.4, 0.5) is 13.2 Å². The Morgan fingerprint density at radius 2 is 2.03 bits per heavy atom. The first-order valence-corrected chi connectivity index (χ1v) is 15.0. The number of hydrogen-bond donors (Lipinski definition) is 2. The highest BCUT2D eigenvalue weighted by Crippen LogP contribution is 2.48. The maximum absolute atomic E-state index is 13.5. The molecule has 2 fully saturated rings. The molecule has 1 aliphatic carbocycles. The van der Waals surface area contributed by atoms with Crippen molar-refractivity contribution in [3.05, 3.63) is 32.1 Å². The first-order valence-electron chi connectivity index (χ1n) is 11.4. The first kappa shape index (κ1) is 27.5. The molecule has 38 heavy (non-hydrogen) atoms. The summed E-state index contributed by atoms with van der Waals surface area (Å²) in [6, 6.07) is -2.12. The lowest BCUT2D eigenvalue weighted by Gasteiger charge is -2.49. The molecule has 0 bridgehead atoms. The van der Waals surface area contributed by atoms with Crippen molar-refractivity contribution in [3.8, 4) is 0 Å². The predicted octanol–water partition coefficient (Wildman–Crippen LogP) is 3.79. The summed E-state index contributed by atoms with van der Waals surface area (Å²) in [6.07, 6.45) is -3.32. The number of rotatable bonds is 8. The zero-order chi connectivity index (χ0) is 27.5. The third-order valence-corrected chi connectivity index (χ3v) is 10.5. The number of fused-ring (bicyclic) bond motifs is 1. The minimum atomic E-state index is -4.70. The van der Waals surface area contributed by atoms with Crippen molar-refractivity contribution in [2.24, 2.45) is 0 Å². The Bertz CT molecular complexity index is 1360. The Morgan fingerprint density at radius 3 is 2.61 bits per heavy atom. The van der Waals surface area contributed by atoms with Crippen molar-refractivity contribution in [3.63, 3.8) is 0 Å². The molecule has 1 saturated heterocycles. The number of hydrogen-bond acceptors (Lipinski definition) is 9. The summed E-state index contributed by atoms with van der Waals surface area (Å²) in [7, 11) is 0. The number of halogens is 4. The molecule has 204 valence electrons. The molecule has 10 nitrogen and oxygen atoms in total. The molecule has 3 aliphatic rings. The number of aliphatic carboxylic acids is 1. The maximum Gasteiger partial charge on any atom is 0.436 e.